The van der Waals surface area contributed by atoms with Gasteiger partial charge in [-0.3, -0.25) is 0 Å². The number of benzene rings is 1. The second kappa shape index (κ2) is 5.38. The summed E-state index contributed by atoms with van der Waals surface area (Å²) in [5.74, 6) is 0.326. The zero-order valence-electron chi connectivity index (χ0n) is 9.17. The Bertz CT molecular complexity index is 515. The highest BCUT2D eigenvalue weighted by Crippen LogP contribution is 2.25. The zero-order chi connectivity index (χ0) is 12.3. The Morgan fingerprint density at radius 3 is 2.82 bits per heavy atom. The Hall–Kier alpha value is -1.26. The summed E-state index contributed by atoms with van der Waals surface area (Å²) >= 11 is 7.29. The second-order valence-corrected chi connectivity index (χ2v) is 5.20. The van der Waals surface area contributed by atoms with Crippen LogP contribution >= 0.6 is 22.9 Å². The van der Waals surface area contributed by atoms with Crippen molar-refractivity contribution in [2.45, 2.75) is 6.54 Å². The van der Waals surface area contributed by atoms with Gasteiger partial charge in [-0.05, 0) is 24.3 Å². The molecule has 2 nitrogen and oxygen atoms in total. The summed E-state index contributed by atoms with van der Waals surface area (Å²) in [6.07, 6.45) is 0. The summed E-state index contributed by atoms with van der Waals surface area (Å²) < 4.78 is 19.2. The van der Waals surface area contributed by atoms with Gasteiger partial charge in [-0.25, -0.2) is 4.39 Å². The molecule has 1 heterocycles. The SMILES string of the molecule is COc1ccc(F)c(NCc2ccc(Cl)s2)c1. The lowest BCUT2D eigenvalue weighted by atomic mass is 10.3. The number of thiophene rings is 1. The van der Waals surface area contributed by atoms with Gasteiger partial charge in [-0.15, -0.1) is 11.3 Å². The minimum absolute atomic E-state index is 0.298. The van der Waals surface area contributed by atoms with E-state index in [1.165, 1.54) is 17.4 Å². The lowest BCUT2D eigenvalue weighted by Gasteiger charge is -2.08. The van der Waals surface area contributed by atoms with Gasteiger partial charge in [0.25, 0.3) is 0 Å². The minimum atomic E-state index is -0.298. The Morgan fingerprint density at radius 1 is 1.35 bits per heavy atom. The molecular formula is C12H11ClFNOS. The van der Waals surface area contributed by atoms with E-state index in [2.05, 4.69) is 5.32 Å². The summed E-state index contributed by atoms with van der Waals surface area (Å²) in [6, 6.07) is 8.33. The van der Waals surface area contributed by atoms with Crippen LogP contribution in [0.5, 0.6) is 5.75 Å². The molecule has 1 aromatic heterocycles. The number of methoxy groups -OCH3 is 1. The first-order valence-corrected chi connectivity index (χ1v) is 6.20. The van der Waals surface area contributed by atoms with E-state index in [1.54, 1.807) is 19.2 Å². The Kier molecular flexibility index (Phi) is 3.86. The molecule has 0 atom stereocenters. The first-order valence-electron chi connectivity index (χ1n) is 5.00. The quantitative estimate of drug-likeness (QED) is 0.901. The molecule has 17 heavy (non-hydrogen) atoms. The van der Waals surface area contributed by atoms with Crippen LogP contribution in [0.1, 0.15) is 4.88 Å². The van der Waals surface area contributed by atoms with Crippen molar-refractivity contribution in [3.05, 3.63) is 45.4 Å². The van der Waals surface area contributed by atoms with E-state index in [4.69, 9.17) is 16.3 Å². The number of ether oxygens (including phenoxy) is 1. The van der Waals surface area contributed by atoms with Crippen LogP contribution in [0, 0.1) is 5.82 Å². The molecule has 0 aliphatic carbocycles. The fourth-order valence-corrected chi connectivity index (χ4v) is 2.42. The first kappa shape index (κ1) is 12.2. The average molecular weight is 272 g/mol. The monoisotopic (exact) mass is 271 g/mol. The smallest absolute Gasteiger partial charge is 0.146 e. The Labute approximate surface area is 108 Å². The second-order valence-electron chi connectivity index (χ2n) is 3.41. The topological polar surface area (TPSA) is 21.3 Å². The van der Waals surface area contributed by atoms with Crippen molar-refractivity contribution in [1.82, 2.24) is 0 Å². The van der Waals surface area contributed by atoms with Crippen molar-refractivity contribution < 1.29 is 9.13 Å². The van der Waals surface area contributed by atoms with Gasteiger partial charge in [0.05, 0.1) is 17.1 Å². The fourth-order valence-electron chi connectivity index (χ4n) is 1.40. The molecule has 1 N–H and O–H groups in total. The molecule has 0 saturated carbocycles. The van der Waals surface area contributed by atoms with Crippen LogP contribution in [0.2, 0.25) is 4.34 Å². The third-order valence-corrected chi connectivity index (χ3v) is 3.49. The molecule has 0 spiro atoms. The molecule has 0 saturated heterocycles. The third kappa shape index (κ3) is 3.11. The summed E-state index contributed by atoms with van der Waals surface area (Å²) in [5, 5.41) is 3.01. The maximum absolute atomic E-state index is 13.5. The minimum Gasteiger partial charge on any atom is -0.497 e. The number of nitrogens with one attached hydrogen (secondary N) is 1. The standard InChI is InChI=1S/C12H11ClFNOS/c1-16-8-2-4-10(14)11(6-8)15-7-9-3-5-12(13)17-9/h2-6,15H,7H2,1H3. The van der Waals surface area contributed by atoms with Gasteiger partial charge in [-0.2, -0.15) is 0 Å². The van der Waals surface area contributed by atoms with Crippen molar-refractivity contribution in [1.29, 1.82) is 0 Å². The predicted octanol–water partition coefficient (Wildman–Crippen LogP) is 4.16. The van der Waals surface area contributed by atoms with E-state index in [1.807, 2.05) is 12.1 Å². The molecule has 0 bridgehead atoms. The van der Waals surface area contributed by atoms with E-state index in [-0.39, 0.29) is 5.82 Å². The van der Waals surface area contributed by atoms with Crippen LogP contribution in [-0.2, 0) is 6.54 Å². The van der Waals surface area contributed by atoms with Gasteiger partial charge in [-0.1, -0.05) is 11.6 Å². The van der Waals surface area contributed by atoms with Gasteiger partial charge in [0.2, 0.25) is 0 Å². The molecule has 0 radical (unpaired) electrons. The fraction of sp³-hybridized carbons (Fsp3) is 0.167. The van der Waals surface area contributed by atoms with Gasteiger partial charge >= 0.3 is 0 Å². The zero-order valence-corrected chi connectivity index (χ0v) is 10.7. The van der Waals surface area contributed by atoms with Crippen molar-refractivity contribution in [2.24, 2.45) is 0 Å². The lowest BCUT2D eigenvalue weighted by molar-refractivity contribution is 0.414. The number of hydrogen-bond acceptors (Lipinski definition) is 3. The summed E-state index contributed by atoms with van der Waals surface area (Å²) in [5.41, 5.74) is 0.425. The maximum Gasteiger partial charge on any atom is 0.146 e. The molecule has 5 heteroatoms. The number of hydrogen-bond donors (Lipinski definition) is 1. The first-order chi connectivity index (χ1) is 8.19. The molecule has 0 fully saturated rings. The van der Waals surface area contributed by atoms with Gasteiger partial charge in [0, 0.05) is 17.5 Å². The van der Waals surface area contributed by atoms with E-state index >= 15 is 0 Å². The molecule has 0 unspecified atom stereocenters. The highest BCUT2D eigenvalue weighted by Gasteiger charge is 2.04. The number of rotatable bonds is 4. The molecule has 2 aromatic rings. The molecular weight excluding hydrogens is 261 g/mol. The van der Waals surface area contributed by atoms with Gasteiger partial charge in [0.15, 0.2) is 0 Å². The van der Waals surface area contributed by atoms with Crippen molar-refractivity contribution in [3.63, 3.8) is 0 Å². The predicted molar refractivity (Wildman–Crippen MR) is 69.6 cm³/mol. The number of halogens is 2. The summed E-state index contributed by atoms with van der Waals surface area (Å²) in [4.78, 5) is 1.05. The summed E-state index contributed by atoms with van der Waals surface area (Å²) in [6.45, 7) is 0.543. The van der Waals surface area contributed by atoms with Crippen molar-refractivity contribution in [3.8, 4) is 5.75 Å². The van der Waals surface area contributed by atoms with Gasteiger partial charge < -0.3 is 10.1 Å². The maximum atomic E-state index is 13.5. The van der Waals surface area contributed by atoms with E-state index in [0.717, 1.165) is 9.21 Å². The lowest BCUT2D eigenvalue weighted by Crippen LogP contribution is -2.00. The van der Waals surface area contributed by atoms with Crippen LogP contribution in [0.3, 0.4) is 0 Å². The Morgan fingerprint density at radius 2 is 2.18 bits per heavy atom. The third-order valence-electron chi connectivity index (χ3n) is 2.26. The molecule has 2 rings (SSSR count). The van der Waals surface area contributed by atoms with E-state index in [0.29, 0.717) is 18.0 Å². The number of anilines is 1. The highest BCUT2D eigenvalue weighted by molar-refractivity contribution is 7.16. The molecule has 1 aromatic carbocycles. The van der Waals surface area contributed by atoms with Crippen molar-refractivity contribution in [2.75, 3.05) is 12.4 Å². The summed E-state index contributed by atoms with van der Waals surface area (Å²) in [7, 11) is 1.55. The van der Waals surface area contributed by atoms with Crippen molar-refractivity contribution >= 4 is 28.6 Å². The van der Waals surface area contributed by atoms with E-state index in [9.17, 15) is 4.39 Å². The molecule has 90 valence electrons. The highest BCUT2D eigenvalue weighted by atomic mass is 35.5. The van der Waals surface area contributed by atoms with Crippen LogP contribution in [0.15, 0.2) is 30.3 Å². The van der Waals surface area contributed by atoms with E-state index < -0.39 is 0 Å². The molecule has 0 aliphatic heterocycles. The van der Waals surface area contributed by atoms with Crippen LogP contribution in [0.25, 0.3) is 0 Å². The molecule has 0 aliphatic rings. The van der Waals surface area contributed by atoms with Crippen LogP contribution in [0.4, 0.5) is 10.1 Å². The van der Waals surface area contributed by atoms with Crippen LogP contribution < -0.4 is 10.1 Å². The molecule has 0 amide bonds. The average Bonchev–Trinajstić information content (AvgIpc) is 2.74. The largest absolute Gasteiger partial charge is 0.497 e. The van der Waals surface area contributed by atoms with Crippen LogP contribution in [-0.4, -0.2) is 7.11 Å². The van der Waals surface area contributed by atoms with Gasteiger partial charge in [0.1, 0.15) is 11.6 Å². The Balaban J connectivity index is 2.07. The normalized spacial score (nSPS) is 10.3.